The standard InChI is InChI=1S/C15H24ClNO2Si/c1-11(15(18)19-9-10-20(2,3)4)14(17)12-5-7-13(16)8-6-12/h5-8,11,14H,9-10,17H2,1-4H3/t11-,14+/m1/s1. The summed E-state index contributed by atoms with van der Waals surface area (Å²) in [5, 5.41) is 0.659. The van der Waals surface area contributed by atoms with Crippen LogP contribution in [0.1, 0.15) is 18.5 Å². The smallest absolute Gasteiger partial charge is 0.310 e. The van der Waals surface area contributed by atoms with Crippen LogP contribution in [-0.4, -0.2) is 20.7 Å². The Balaban J connectivity index is 2.53. The molecule has 0 aromatic heterocycles. The Morgan fingerprint density at radius 2 is 1.85 bits per heavy atom. The third kappa shape index (κ3) is 5.65. The van der Waals surface area contributed by atoms with E-state index >= 15 is 0 Å². The van der Waals surface area contributed by atoms with Gasteiger partial charge in [-0.2, -0.15) is 0 Å². The summed E-state index contributed by atoms with van der Waals surface area (Å²) < 4.78 is 5.34. The first-order valence-electron chi connectivity index (χ1n) is 6.88. The van der Waals surface area contributed by atoms with E-state index in [1.54, 1.807) is 19.1 Å². The Morgan fingerprint density at radius 1 is 1.30 bits per heavy atom. The summed E-state index contributed by atoms with van der Waals surface area (Å²) in [6.45, 7) is 9.06. The van der Waals surface area contributed by atoms with E-state index in [1.165, 1.54) is 0 Å². The average Bonchev–Trinajstić information content (AvgIpc) is 2.36. The van der Waals surface area contributed by atoms with Crippen molar-refractivity contribution < 1.29 is 9.53 Å². The molecule has 0 aliphatic carbocycles. The lowest BCUT2D eigenvalue weighted by Gasteiger charge is -2.21. The Kier molecular flexibility index (Phi) is 6.24. The van der Waals surface area contributed by atoms with Gasteiger partial charge in [-0.3, -0.25) is 4.79 Å². The number of rotatable bonds is 6. The summed E-state index contributed by atoms with van der Waals surface area (Å²) in [5.74, 6) is -0.594. The molecular weight excluding hydrogens is 290 g/mol. The number of benzene rings is 1. The van der Waals surface area contributed by atoms with Crippen molar-refractivity contribution in [3.8, 4) is 0 Å². The molecule has 0 amide bonds. The molecule has 0 saturated carbocycles. The lowest BCUT2D eigenvalue weighted by atomic mass is 9.95. The van der Waals surface area contributed by atoms with Gasteiger partial charge in [0.2, 0.25) is 0 Å². The number of ether oxygens (including phenoxy) is 1. The van der Waals surface area contributed by atoms with Crippen molar-refractivity contribution >= 4 is 25.6 Å². The predicted octanol–water partition coefficient (Wildman–Crippen LogP) is 3.86. The number of hydrogen-bond acceptors (Lipinski definition) is 3. The van der Waals surface area contributed by atoms with E-state index < -0.39 is 8.07 Å². The second-order valence-corrected chi connectivity index (χ2v) is 12.4. The first-order chi connectivity index (χ1) is 9.20. The molecule has 1 rings (SSSR count). The van der Waals surface area contributed by atoms with Gasteiger partial charge in [0, 0.05) is 19.1 Å². The van der Waals surface area contributed by atoms with Crippen LogP contribution in [0.3, 0.4) is 0 Å². The molecule has 1 aromatic carbocycles. The molecule has 2 atom stereocenters. The van der Waals surface area contributed by atoms with E-state index in [1.807, 2.05) is 12.1 Å². The fraction of sp³-hybridized carbons (Fsp3) is 0.533. The molecule has 0 aliphatic rings. The third-order valence-corrected chi connectivity index (χ3v) is 5.22. The maximum Gasteiger partial charge on any atom is 0.310 e. The van der Waals surface area contributed by atoms with Crippen LogP contribution < -0.4 is 5.73 Å². The summed E-state index contributed by atoms with van der Waals surface area (Å²) in [6.07, 6.45) is 0. The van der Waals surface area contributed by atoms with Gasteiger partial charge >= 0.3 is 5.97 Å². The number of halogens is 1. The van der Waals surface area contributed by atoms with E-state index in [0.29, 0.717) is 11.6 Å². The summed E-state index contributed by atoms with van der Waals surface area (Å²) in [6, 6.07) is 7.85. The minimum absolute atomic E-state index is 0.231. The fourth-order valence-electron chi connectivity index (χ4n) is 1.71. The van der Waals surface area contributed by atoms with Crippen LogP contribution in [0.15, 0.2) is 24.3 Å². The average molecular weight is 314 g/mol. The molecule has 0 heterocycles. The van der Waals surface area contributed by atoms with Crippen LogP contribution in [-0.2, 0) is 9.53 Å². The van der Waals surface area contributed by atoms with Crippen molar-refractivity contribution in [2.75, 3.05) is 6.61 Å². The second kappa shape index (κ2) is 7.25. The first-order valence-corrected chi connectivity index (χ1v) is 11.0. The van der Waals surface area contributed by atoms with Crippen LogP contribution in [0.2, 0.25) is 30.7 Å². The van der Waals surface area contributed by atoms with Gasteiger partial charge in [-0.15, -0.1) is 0 Å². The normalized spacial score (nSPS) is 14.7. The maximum atomic E-state index is 12.0. The van der Waals surface area contributed by atoms with Crippen molar-refractivity contribution in [2.24, 2.45) is 11.7 Å². The maximum absolute atomic E-state index is 12.0. The zero-order valence-corrected chi connectivity index (χ0v) is 14.4. The Labute approximate surface area is 127 Å². The van der Waals surface area contributed by atoms with E-state index in [2.05, 4.69) is 19.6 Å². The molecule has 1 aromatic rings. The van der Waals surface area contributed by atoms with Gasteiger partial charge < -0.3 is 10.5 Å². The molecule has 2 N–H and O–H groups in total. The van der Waals surface area contributed by atoms with Crippen LogP contribution >= 0.6 is 11.6 Å². The van der Waals surface area contributed by atoms with E-state index in [9.17, 15) is 4.79 Å². The summed E-state index contributed by atoms with van der Waals surface area (Å²) in [4.78, 5) is 12.0. The molecule has 20 heavy (non-hydrogen) atoms. The minimum atomic E-state index is -1.18. The minimum Gasteiger partial charge on any atom is -0.466 e. The van der Waals surface area contributed by atoms with Crippen LogP contribution in [0, 0.1) is 5.92 Å². The highest BCUT2D eigenvalue weighted by Gasteiger charge is 2.24. The number of carbonyl (C=O) groups excluding carboxylic acids is 1. The highest BCUT2D eigenvalue weighted by molar-refractivity contribution is 6.76. The lowest BCUT2D eigenvalue weighted by Crippen LogP contribution is -2.29. The van der Waals surface area contributed by atoms with E-state index in [-0.39, 0.29) is 17.9 Å². The second-order valence-electron chi connectivity index (χ2n) is 6.34. The summed E-state index contributed by atoms with van der Waals surface area (Å²) >= 11 is 5.84. The third-order valence-electron chi connectivity index (χ3n) is 3.26. The molecule has 0 spiro atoms. The van der Waals surface area contributed by atoms with Gasteiger partial charge in [-0.05, 0) is 23.7 Å². The van der Waals surface area contributed by atoms with Crippen LogP contribution in [0.25, 0.3) is 0 Å². The number of hydrogen-bond donors (Lipinski definition) is 1. The molecular formula is C15H24ClNO2Si. The summed E-state index contributed by atoms with van der Waals surface area (Å²) in [7, 11) is -1.18. The molecule has 0 unspecified atom stereocenters. The molecule has 3 nitrogen and oxygen atoms in total. The first kappa shape index (κ1) is 17.2. The molecule has 5 heteroatoms. The zero-order chi connectivity index (χ0) is 15.3. The van der Waals surface area contributed by atoms with Crippen molar-refractivity contribution in [1.82, 2.24) is 0 Å². The van der Waals surface area contributed by atoms with Gasteiger partial charge in [0.15, 0.2) is 0 Å². The molecule has 0 radical (unpaired) electrons. The SMILES string of the molecule is C[C@@H](C(=O)OCC[Si](C)(C)C)[C@H](N)c1ccc(Cl)cc1. The van der Waals surface area contributed by atoms with E-state index in [0.717, 1.165) is 11.6 Å². The van der Waals surface area contributed by atoms with Crippen molar-refractivity contribution in [1.29, 1.82) is 0 Å². The monoisotopic (exact) mass is 313 g/mol. The highest BCUT2D eigenvalue weighted by atomic mass is 35.5. The largest absolute Gasteiger partial charge is 0.466 e. The number of carbonyl (C=O) groups is 1. The predicted molar refractivity (Wildman–Crippen MR) is 86.7 cm³/mol. The Bertz CT molecular complexity index is 442. The molecule has 0 saturated heterocycles. The summed E-state index contributed by atoms with van der Waals surface area (Å²) in [5.41, 5.74) is 7.00. The Hall–Kier alpha value is -0.843. The molecule has 0 aliphatic heterocycles. The van der Waals surface area contributed by atoms with Gasteiger partial charge in [0.1, 0.15) is 0 Å². The fourth-order valence-corrected chi connectivity index (χ4v) is 2.55. The molecule has 0 fully saturated rings. The van der Waals surface area contributed by atoms with Gasteiger partial charge in [0.05, 0.1) is 12.5 Å². The van der Waals surface area contributed by atoms with Gasteiger partial charge in [-0.1, -0.05) is 50.3 Å². The van der Waals surface area contributed by atoms with Crippen molar-refractivity contribution in [2.45, 2.75) is 38.7 Å². The highest BCUT2D eigenvalue weighted by Crippen LogP contribution is 2.22. The number of nitrogens with two attached hydrogens (primary N) is 1. The van der Waals surface area contributed by atoms with Crippen LogP contribution in [0.4, 0.5) is 0 Å². The van der Waals surface area contributed by atoms with Crippen LogP contribution in [0.5, 0.6) is 0 Å². The van der Waals surface area contributed by atoms with Crippen molar-refractivity contribution in [3.63, 3.8) is 0 Å². The molecule has 112 valence electrons. The van der Waals surface area contributed by atoms with E-state index in [4.69, 9.17) is 22.1 Å². The zero-order valence-electron chi connectivity index (χ0n) is 12.7. The van der Waals surface area contributed by atoms with Gasteiger partial charge in [-0.25, -0.2) is 0 Å². The van der Waals surface area contributed by atoms with Gasteiger partial charge in [0.25, 0.3) is 0 Å². The quantitative estimate of drug-likeness (QED) is 0.641. The topological polar surface area (TPSA) is 52.3 Å². The number of esters is 1. The molecule has 0 bridgehead atoms. The lowest BCUT2D eigenvalue weighted by molar-refractivity contribution is -0.148. The Morgan fingerprint density at radius 3 is 2.35 bits per heavy atom. The van der Waals surface area contributed by atoms with Crippen molar-refractivity contribution in [3.05, 3.63) is 34.9 Å².